The quantitative estimate of drug-likeness (QED) is 0.864. The van der Waals surface area contributed by atoms with Gasteiger partial charge in [0.15, 0.2) is 5.13 Å². The Morgan fingerprint density at radius 3 is 3.00 bits per heavy atom. The summed E-state index contributed by atoms with van der Waals surface area (Å²) in [6, 6.07) is 1.07. The Labute approximate surface area is 124 Å². The largest absolute Gasteiger partial charge is 0.298 e. The predicted octanol–water partition coefficient (Wildman–Crippen LogP) is 3.46. The van der Waals surface area contributed by atoms with Crippen molar-refractivity contribution < 1.29 is 9.18 Å². The summed E-state index contributed by atoms with van der Waals surface area (Å²) in [7, 11) is 0. The number of hydrogen-bond acceptors (Lipinski definition) is 4. The average molecular weight is 312 g/mol. The summed E-state index contributed by atoms with van der Waals surface area (Å²) < 4.78 is 13.1. The third kappa shape index (κ3) is 2.66. The van der Waals surface area contributed by atoms with Crippen LogP contribution < -0.4 is 5.32 Å². The van der Waals surface area contributed by atoms with E-state index in [1.165, 1.54) is 16.2 Å². The van der Waals surface area contributed by atoms with Gasteiger partial charge in [-0.05, 0) is 31.7 Å². The predicted molar refractivity (Wildman–Crippen MR) is 75.9 cm³/mol. The van der Waals surface area contributed by atoms with Crippen LogP contribution in [0.4, 0.5) is 9.52 Å². The maximum absolute atomic E-state index is 13.1. The number of carbonyl (C=O) groups is 1. The molecule has 0 bridgehead atoms. The van der Waals surface area contributed by atoms with E-state index in [2.05, 4.69) is 15.3 Å². The lowest BCUT2D eigenvalue weighted by Gasteiger charge is -2.06. The van der Waals surface area contributed by atoms with E-state index in [0.29, 0.717) is 5.13 Å². The number of rotatable bonds is 2. The van der Waals surface area contributed by atoms with Gasteiger partial charge in [-0.1, -0.05) is 11.6 Å². The van der Waals surface area contributed by atoms with E-state index in [4.69, 9.17) is 11.6 Å². The van der Waals surface area contributed by atoms with Crippen molar-refractivity contribution in [3.05, 3.63) is 39.4 Å². The van der Waals surface area contributed by atoms with E-state index in [0.717, 1.165) is 43.6 Å². The second-order valence-corrected chi connectivity index (χ2v) is 5.98. The van der Waals surface area contributed by atoms with Crippen molar-refractivity contribution in [3.63, 3.8) is 0 Å². The minimum atomic E-state index is -0.599. The molecule has 1 N–H and O–H groups in total. The van der Waals surface area contributed by atoms with Crippen molar-refractivity contribution >= 4 is 34.0 Å². The fraction of sp³-hybridized carbons (Fsp3) is 0.308. The molecule has 0 aliphatic heterocycles. The van der Waals surface area contributed by atoms with Crippen molar-refractivity contribution in [2.24, 2.45) is 0 Å². The number of aromatic nitrogens is 2. The molecule has 0 saturated heterocycles. The molecule has 0 saturated carbocycles. The first kappa shape index (κ1) is 13.5. The maximum Gasteiger partial charge on any atom is 0.260 e. The zero-order valence-corrected chi connectivity index (χ0v) is 12.0. The molecule has 1 aliphatic rings. The van der Waals surface area contributed by atoms with E-state index >= 15 is 0 Å². The highest BCUT2D eigenvalue weighted by Crippen LogP contribution is 2.30. The SMILES string of the molecule is O=C(Nc1nc2c(s1)CCCC2)c1cc(F)cnc1Cl. The molecule has 1 aliphatic carbocycles. The van der Waals surface area contributed by atoms with Gasteiger partial charge < -0.3 is 0 Å². The van der Waals surface area contributed by atoms with Gasteiger partial charge in [-0.15, -0.1) is 11.3 Å². The van der Waals surface area contributed by atoms with Gasteiger partial charge in [-0.25, -0.2) is 14.4 Å². The second kappa shape index (κ2) is 5.46. The number of pyridine rings is 1. The summed E-state index contributed by atoms with van der Waals surface area (Å²) in [5, 5.41) is 3.17. The average Bonchev–Trinajstić information content (AvgIpc) is 2.83. The molecule has 0 spiro atoms. The van der Waals surface area contributed by atoms with Gasteiger partial charge in [0.05, 0.1) is 17.5 Å². The number of thiazole rings is 1. The molecule has 104 valence electrons. The zero-order valence-electron chi connectivity index (χ0n) is 10.4. The molecular formula is C13H11ClFN3OS. The molecule has 0 fully saturated rings. The summed E-state index contributed by atoms with van der Waals surface area (Å²) in [5.74, 6) is -1.09. The van der Waals surface area contributed by atoms with Gasteiger partial charge in [-0.2, -0.15) is 0 Å². The Bertz CT molecular complexity index is 650. The third-order valence-electron chi connectivity index (χ3n) is 3.12. The molecule has 2 aromatic rings. The van der Waals surface area contributed by atoms with Crippen LogP contribution >= 0.6 is 22.9 Å². The van der Waals surface area contributed by atoms with Crippen LogP contribution in [0.1, 0.15) is 33.8 Å². The van der Waals surface area contributed by atoms with Crippen molar-refractivity contribution in [1.29, 1.82) is 0 Å². The first-order valence-electron chi connectivity index (χ1n) is 6.24. The Hall–Kier alpha value is -1.53. The Morgan fingerprint density at radius 1 is 1.40 bits per heavy atom. The van der Waals surface area contributed by atoms with Crippen LogP contribution in [0.2, 0.25) is 5.15 Å². The van der Waals surface area contributed by atoms with E-state index in [1.54, 1.807) is 0 Å². The first-order valence-corrected chi connectivity index (χ1v) is 7.44. The third-order valence-corrected chi connectivity index (χ3v) is 4.49. The summed E-state index contributed by atoms with van der Waals surface area (Å²) in [4.78, 5) is 21.3. The fourth-order valence-electron chi connectivity index (χ4n) is 2.15. The highest BCUT2D eigenvalue weighted by molar-refractivity contribution is 7.15. The van der Waals surface area contributed by atoms with Crippen LogP contribution in [0.5, 0.6) is 0 Å². The molecule has 1 amide bonds. The number of nitrogens with one attached hydrogen (secondary N) is 1. The lowest BCUT2D eigenvalue weighted by atomic mass is 10.0. The number of nitrogens with zero attached hydrogens (tertiary/aromatic N) is 2. The summed E-state index contributed by atoms with van der Waals surface area (Å²) in [5.41, 5.74) is 1.07. The topological polar surface area (TPSA) is 54.9 Å². The van der Waals surface area contributed by atoms with E-state index in [9.17, 15) is 9.18 Å². The fourth-order valence-corrected chi connectivity index (χ4v) is 3.39. The van der Waals surface area contributed by atoms with Crippen LogP contribution in [0.15, 0.2) is 12.3 Å². The van der Waals surface area contributed by atoms with Crippen molar-refractivity contribution in [1.82, 2.24) is 9.97 Å². The Kier molecular flexibility index (Phi) is 3.67. The molecule has 7 heteroatoms. The summed E-state index contributed by atoms with van der Waals surface area (Å²) in [6.07, 6.45) is 5.21. The molecule has 0 radical (unpaired) electrons. The second-order valence-electron chi connectivity index (χ2n) is 4.54. The molecule has 0 atom stereocenters. The van der Waals surface area contributed by atoms with Gasteiger partial charge in [0.1, 0.15) is 11.0 Å². The lowest BCUT2D eigenvalue weighted by molar-refractivity contribution is 0.102. The van der Waals surface area contributed by atoms with Gasteiger partial charge in [-0.3, -0.25) is 10.1 Å². The van der Waals surface area contributed by atoms with Crippen molar-refractivity contribution in [2.45, 2.75) is 25.7 Å². The van der Waals surface area contributed by atoms with Gasteiger partial charge in [0, 0.05) is 4.88 Å². The Morgan fingerprint density at radius 2 is 2.20 bits per heavy atom. The number of halogens is 2. The monoisotopic (exact) mass is 311 g/mol. The molecular weight excluding hydrogens is 301 g/mol. The highest BCUT2D eigenvalue weighted by atomic mass is 35.5. The maximum atomic E-state index is 13.1. The van der Waals surface area contributed by atoms with Crippen LogP contribution in [-0.4, -0.2) is 15.9 Å². The number of carbonyl (C=O) groups excluding carboxylic acids is 1. The number of anilines is 1. The van der Waals surface area contributed by atoms with Crippen LogP contribution in [0, 0.1) is 5.82 Å². The molecule has 2 heterocycles. The van der Waals surface area contributed by atoms with Gasteiger partial charge in [0.2, 0.25) is 0 Å². The summed E-state index contributed by atoms with van der Waals surface area (Å²) in [6.45, 7) is 0. The standard InChI is InChI=1S/C13H11ClFN3OS/c14-11-8(5-7(15)6-16-11)12(19)18-13-17-9-3-1-2-4-10(9)20-13/h5-6H,1-4H2,(H,17,18,19). The smallest absolute Gasteiger partial charge is 0.260 e. The first-order chi connectivity index (χ1) is 9.63. The normalized spacial score (nSPS) is 13.9. The minimum absolute atomic E-state index is 0.0137. The number of aryl methyl sites for hydroxylation is 2. The number of fused-ring (bicyclic) bond motifs is 1. The molecule has 4 nitrogen and oxygen atoms in total. The van der Waals surface area contributed by atoms with Crippen LogP contribution in [0.3, 0.4) is 0 Å². The van der Waals surface area contributed by atoms with Crippen molar-refractivity contribution in [3.8, 4) is 0 Å². The van der Waals surface area contributed by atoms with E-state index < -0.39 is 11.7 Å². The molecule has 0 aromatic carbocycles. The minimum Gasteiger partial charge on any atom is -0.298 e. The van der Waals surface area contributed by atoms with E-state index in [1.807, 2.05) is 0 Å². The molecule has 0 unspecified atom stereocenters. The summed E-state index contributed by atoms with van der Waals surface area (Å²) >= 11 is 7.27. The number of hydrogen-bond donors (Lipinski definition) is 1. The van der Waals surface area contributed by atoms with E-state index in [-0.39, 0.29) is 10.7 Å². The molecule has 20 heavy (non-hydrogen) atoms. The number of amides is 1. The molecule has 3 rings (SSSR count). The van der Waals surface area contributed by atoms with Gasteiger partial charge in [0.25, 0.3) is 5.91 Å². The van der Waals surface area contributed by atoms with Crippen molar-refractivity contribution in [2.75, 3.05) is 5.32 Å². The Balaban J connectivity index is 1.82. The zero-order chi connectivity index (χ0) is 14.1. The van der Waals surface area contributed by atoms with Gasteiger partial charge >= 0.3 is 0 Å². The highest BCUT2D eigenvalue weighted by Gasteiger charge is 2.18. The van der Waals surface area contributed by atoms with Crippen LogP contribution in [-0.2, 0) is 12.8 Å². The van der Waals surface area contributed by atoms with Crippen LogP contribution in [0.25, 0.3) is 0 Å². The lowest BCUT2D eigenvalue weighted by Crippen LogP contribution is -2.13. The molecule has 2 aromatic heterocycles.